The molecular weight excluding hydrogens is 486 g/mol. The van der Waals surface area contributed by atoms with Crippen molar-refractivity contribution in [3.05, 3.63) is 55.2 Å². The van der Waals surface area contributed by atoms with E-state index in [4.69, 9.17) is 15.0 Å². The molecule has 1 N–H and O–H groups in total. The van der Waals surface area contributed by atoms with Crippen molar-refractivity contribution in [3.8, 4) is 0 Å². The Labute approximate surface area is 225 Å². The molecular formula is C28H45N5O5. The lowest BCUT2D eigenvalue weighted by Gasteiger charge is -2.16. The zero-order chi connectivity index (χ0) is 27.6. The fourth-order valence-electron chi connectivity index (χ4n) is 4.61. The average Bonchev–Trinajstić information content (AvgIpc) is 3.29. The highest BCUT2D eigenvalue weighted by Gasteiger charge is 2.37. The van der Waals surface area contributed by atoms with E-state index in [2.05, 4.69) is 34.1 Å². The number of unbranched alkanes of at least 4 members (excludes halogenated alkanes) is 11. The summed E-state index contributed by atoms with van der Waals surface area (Å²) in [6.07, 6.45) is 20.8. The number of ether oxygens (including phenoxy) is 2. The van der Waals surface area contributed by atoms with E-state index in [-0.39, 0.29) is 19.0 Å². The molecule has 2 rings (SSSR count). The van der Waals surface area contributed by atoms with Gasteiger partial charge in [-0.2, -0.15) is 0 Å². The molecule has 38 heavy (non-hydrogen) atoms. The Bertz CT molecular complexity index is 1030. The van der Waals surface area contributed by atoms with Crippen molar-refractivity contribution in [1.82, 2.24) is 9.55 Å². The highest BCUT2D eigenvalue weighted by Crippen LogP contribution is 2.30. The number of azide groups is 1. The summed E-state index contributed by atoms with van der Waals surface area (Å²) in [6.45, 7) is 3.78. The Morgan fingerprint density at radius 2 is 1.74 bits per heavy atom. The van der Waals surface area contributed by atoms with Crippen molar-refractivity contribution in [3.63, 3.8) is 0 Å². The van der Waals surface area contributed by atoms with Gasteiger partial charge < -0.3 is 9.47 Å². The molecule has 10 nitrogen and oxygen atoms in total. The van der Waals surface area contributed by atoms with E-state index >= 15 is 0 Å². The van der Waals surface area contributed by atoms with E-state index in [1.807, 2.05) is 0 Å². The summed E-state index contributed by atoms with van der Waals surface area (Å²) >= 11 is 0. The molecule has 0 unspecified atom stereocenters. The molecule has 2 heterocycles. The van der Waals surface area contributed by atoms with Crippen LogP contribution >= 0.6 is 0 Å². The first-order valence-corrected chi connectivity index (χ1v) is 14.3. The number of carbonyl (C=O) groups excluding carboxylic acids is 1. The summed E-state index contributed by atoms with van der Waals surface area (Å²) < 4.78 is 12.5. The van der Waals surface area contributed by atoms with Gasteiger partial charge in [0, 0.05) is 29.5 Å². The first-order chi connectivity index (χ1) is 18.5. The van der Waals surface area contributed by atoms with E-state index in [1.54, 1.807) is 6.92 Å². The van der Waals surface area contributed by atoms with Crippen LogP contribution in [0.5, 0.6) is 0 Å². The number of nitrogens with one attached hydrogen (secondary N) is 1. The number of hydrogen-bond acceptors (Lipinski definition) is 6. The number of rotatable bonds is 19. The largest absolute Gasteiger partial charge is 0.463 e. The van der Waals surface area contributed by atoms with Crippen LogP contribution in [-0.4, -0.2) is 34.3 Å². The Kier molecular flexibility index (Phi) is 15.2. The second-order valence-corrected chi connectivity index (χ2v) is 10.1. The molecule has 1 fully saturated rings. The zero-order valence-electron chi connectivity index (χ0n) is 23.1. The zero-order valence-corrected chi connectivity index (χ0v) is 23.1. The van der Waals surface area contributed by atoms with Gasteiger partial charge in [0.05, 0.1) is 6.04 Å². The third-order valence-corrected chi connectivity index (χ3v) is 6.91. The Balaban J connectivity index is 1.57. The molecule has 212 valence electrons. The molecule has 10 heteroatoms. The Morgan fingerprint density at radius 1 is 1.11 bits per heavy atom. The third kappa shape index (κ3) is 11.7. The Morgan fingerprint density at radius 3 is 2.39 bits per heavy atom. The van der Waals surface area contributed by atoms with Gasteiger partial charge in [-0.05, 0) is 44.6 Å². The second kappa shape index (κ2) is 18.4. The monoisotopic (exact) mass is 531 g/mol. The maximum Gasteiger partial charge on any atom is 0.330 e. The lowest BCUT2D eigenvalue weighted by atomic mass is 10.1. The van der Waals surface area contributed by atoms with Crippen LogP contribution in [0.1, 0.15) is 115 Å². The predicted octanol–water partition coefficient (Wildman–Crippen LogP) is 6.39. The molecule has 0 spiro atoms. The summed E-state index contributed by atoms with van der Waals surface area (Å²) in [7, 11) is 0. The van der Waals surface area contributed by atoms with Gasteiger partial charge in [-0.3, -0.25) is 19.1 Å². The summed E-state index contributed by atoms with van der Waals surface area (Å²) in [5.74, 6) is -0.314. The number of hydrogen-bond donors (Lipinski definition) is 1. The van der Waals surface area contributed by atoms with Crippen LogP contribution in [0.3, 0.4) is 0 Å². The standard InChI is InChI=1S/C28H45N5O5/c1-3-4-5-6-7-8-9-10-11-12-13-14-15-16-17-18-26(34)37-21-24-23(31-32-29)19-25(38-24)33-20-22(2)27(35)30-28(33)36/h10-11,20,23-25H,3-9,12-19,21H2,1-2H3,(H,30,35,36)/b11-10-/t23-,24+,25+/m0/s1. The first-order valence-electron chi connectivity index (χ1n) is 14.3. The molecule has 0 bridgehead atoms. The van der Waals surface area contributed by atoms with Crippen molar-refractivity contribution < 1.29 is 14.3 Å². The smallest absolute Gasteiger partial charge is 0.330 e. The molecule has 0 amide bonds. The van der Waals surface area contributed by atoms with Gasteiger partial charge in [-0.15, -0.1) is 0 Å². The fraction of sp³-hybridized carbons (Fsp3) is 0.750. The quantitative estimate of drug-likeness (QED) is 0.0550. The molecule has 1 aromatic rings. The minimum atomic E-state index is -0.720. The summed E-state index contributed by atoms with van der Waals surface area (Å²) in [5, 5.41) is 3.75. The molecule has 0 saturated carbocycles. The molecule has 1 aliphatic heterocycles. The van der Waals surface area contributed by atoms with E-state index in [0.29, 0.717) is 12.0 Å². The number of aromatic nitrogens is 2. The van der Waals surface area contributed by atoms with Crippen molar-refractivity contribution in [2.75, 3.05) is 6.61 Å². The van der Waals surface area contributed by atoms with Gasteiger partial charge in [0.25, 0.3) is 5.56 Å². The lowest BCUT2D eigenvalue weighted by Crippen LogP contribution is -2.33. The van der Waals surface area contributed by atoms with E-state index in [0.717, 1.165) is 32.1 Å². The summed E-state index contributed by atoms with van der Waals surface area (Å²) in [6, 6.07) is -0.586. The number of aryl methyl sites for hydroxylation is 1. The second-order valence-electron chi connectivity index (χ2n) is 10.1. The van der Waals surface area contributed by atoms with Crippen LogP contribution in [0.4, 0.5) is 0 Å². The van der Waals surface area contributed by atoms with Crippen LogP contribution < -0.4 is 11.2 Å². The number of nitrogens with zero attached hydrogens (tertiary/aromatic N) is 4. The van der Waals surface area contributed by atoms with Crippen LogP contribution in [0.15, 0.2) is 33.1 Å². The summed E-state index contributed by atoms with van der Waals surface area (Å²) in [5.41, 5.74) is 8.19. The molecule has 1 saturated heterocycles. The number of esters is 1. The molecule has 0 aromatic carbocycles. The van der Waals surface area contributed by atoms with Crippen LogP contribution in [-0.2, 0) is 14.3 Å². The lowest BCUT2D eigenvalue weighted by molar-refractivity contribution is -0.148. The molecule has 1 aliphatic rings. The Hall–Kier alpha value is -2.84. The normalized spacial score (nSPS) is 19.1. The van der Waals surface area contributed by atoms with Crippen LogP contribution in [0, 0.1) is 6.92 Å². The number of H-pyrrole nitrogens is 1. The number of aromatic amines is 1. The van der Waals surface area contributed by atoms with Crippen LogP contribution in [0.25, 0.3) is 10.4 Å². The van der Waals surface area contributed by atoms with Crippen LogP contribution in [0.2, 0.25) is 0 Å². The fourth-order valence-corrected chi connectivity index (χ4v) is 4.61. The SMILES string of the molecule is CCCCCCCC/C=C\CCCCCCCC(=O)OC[C@H]1O[C@@H](n2cc(C)c(=O)[nH]c2=O)C[C@@H]1N=[N+]=[N-]. The third-order valence-electron chi connectivity index (χ3n) is 6.91. The van der Waals surface area contributed by atoms with E-state index < -0.39 is 29.6 Å². The van der Waals surface area contributed by atoms with Gasteiger partial charge in [-0.1, -0.05) is 75.6 Å². The molecule has 3 atom stereocenters. The minimum absolute atomic E-state index is 0.0544. The van der Waals surface area contributed by atoms with Gasteiger partial charge >= 0.3 is 11.7 Å². The van der Waals surface area contributed by atoms with Gasteiger partial charge in [0.1, 0.15) is 18.9 Å². The maximum atomic E-state index is 12.2. The highest BCUT2D eigenvalue weighted by molar-refractivity contribution is 5.69. The minimum Gasteiger partial charge on any atom is -0.463 e. The van der Waals surface area contributed by atoms with Gasteiger partial charge in [-0.25, -0.2) is 4.79 Å². The molecule has 0 radical (unpaired) electrons. The van der Waals surface area contributed by atoms with Crippen molar-refractivity contribution in [1.29, 1.82) is 0 Å². The number of allylic oxidation sites excluding steroid dienone is 2. The number of carbonyl (C=O) groups is 1. The first kappa shape index (κ1) is 31.4. The van der Waals surface area contributed by atoms with Gasteiger partial charge in [0.2, 0.25) is 0 Å². The summed E-state index contributed by atoms with van der Waals surface area (Å²) in [4.78, 5) is 41.1. The topological polar surface area (TPSA) is 139 Å². The van der Waals surface area contributed by atoms with E-state index in [1.165, 1.54) is 62.1 Å². The van der Waals surface area contributed by atoms with Crippen molar-refractivity contribution in [2.24, 2.45) is 5.11 Å². The molecule has 1 aromatic heterocycles. The average molecular weight is 532 g/mol. The van der Waals surface area contributed by atoms with E-state index in [9.17, 15) is 14.4 Å². The van der Waals surface area contributed by atoms with Gasteiger partial charge in [0.15, 0.2) is 0 Å². The van der Waals surface area contributed by atoms with Crippen molar-refractivity contribution >= 4 is 5.97 Å². The van der Waals surface area contributed by atoms with Crippen molar-refractivity contribution in [2.45, 2.75) is 129 Å². The predicted molar refractivity (Wildman–Crippen MR) is 148 cm³/mol. The highest BCUT2D eigenvalue weighted by atomic mass is 16.6. The molecule has 0 aliphatic carbocycles. The maximum absolute atomic E-state index is 12.2.